The zero-order valence-electron chi connectivity index (χ0n) is 7.31. The topological polar surface area (TPSA) is 0 Å². The van der Waals surface area contributed by atoms with Crippen LogP contribution in [0.2, 0.25) is 14.8 Å². The van der Waals surface area contributed by atoms with Crippen molar-refractivity contribution in [2.45, 2.75) is 37.3 Å². The van der Waals surface area contributed by atoms with Gasteiger partial charge in [0.2, 0.25) is 0 Å². The Morgan fingerprint density at radius 2 is 1.90 bits per heavy atom. The van der Waals surface area contributed by atoms with Gasteiger partial charge in [0, 0.05) is 0 Å². The quantitative estimate of drug-likeness (QED) is 0.656. The van der Waals surface area contributed by atoms with Gasteiger partial charge in [-0.25, -0.2) is 0 Å². The van der Waals surface area contributed by atoms with E-state index in [1.807, 2.05) is 0 Å². The predicted molar refractivity (Wildman–Crippen MR) is 53.4 cm³/mol. The summed E-state index contributed by atoms with van der Waals surface area (Å²) in [5.74, 6) is 1.44. The van der Waals surface area contributed by atoms with Crippen LogP contribution in [0, 0.1) is 0 Å². The Bertz CT molecular complexity index is 100. The number of hydrogen-bond donors (Lipinski definition) is 0. The van der Waals surface area contributed by atoms with Gasteiger partial charge in [-0.2, -0.15) is 0 Å². The molecule has 0 radical (unpaired) electrons. The molecule has 1 atom stereocenters. The van der Waals surface area contributed by atoms with Gasteiger partial charge in [0.05, 0.1) is 0 Å². The van der Waals surface area contributed by atoms with Gasteiger partial charge in [0.1, 0.15) is 0 Å². The first-order valence-corrected chi connectivity index (χ1v) is 15.5. The Morgan fingerprint density at radius 1 is 1.20 bits per heavy atom. The van der Waals surface area contributed by atoms with Crippen LogP contribution in [0.15, 0.2) is 0 Å². The third kappa shape index (κ3) is 2.65. The van der Waals surface area contributed by atoms with Crippen LogP contribution >= 0.6 is 11.8 Å². The first kappa shape index (κ1) is 9.24. The van der Waals surface area contributed by atoms with Crippen molar-refractivity contribution >= 4 is 30.1 Å². The van der Waals surface area contributed by atoms with Crippen molar-refractivity contribution in [2.75, 3.05) is 5.75 Å². The van der Waals surface area contributed by atoms with Crippen molar-refractivity contribution in [3.05, 3.63) is 0 Å². The molecule has 0 N–H and O–H groups in total. The average molecular weight is 265 g/mol. The molecule has 1 fully saturated rings. The van der Waals surface area contributed by atoms with E-state index in [9.17, 15) is 0 Å². The molecule has 1 heterocycles. The maximum atomic E-state index is 2.57. The van der Waals surface area contributed by atoms with Crippen molar-refractivity contribution in [1.29, 1.82) is 0 Å². The summed E-state index contributed by atoms with van der Waals surface area (Å²) in [6.45, 7) is 0. The molecule has 0 saturated carbocycles. The van der Waals surface area contributed by atoms with Crippen molar-refractivity contribution < 1.29 is 0 Å². The summed E-state index contributed by atoms with van der Waals surface area (Å²) < 4.78 is 1.13. The second kappa shape index (κ2) is 3.70. The summed E-state index contributed by atoms with van der Waals surface area (Å²) in [6.07, 6.45) is 4.51. The van der Waals surface area contributed by atoms with Gasteiger partial charge in [-0.05, 0) is 0 Å². The Hall–Kier alpha value is 1.15. The summed E-state index contributed by atoms with van der Waals surface area (Å²) in [5.41, 5.74) is 0. The van der Waals surface area contributed by atoms with Crippen molar-refractivity contribution in [3.8, 4) is 0 Å². The number of thioether (sulfide) groups is 1. The SMILES string of the molecule is [CH3][Sn]([CH3])([CH3])[CH]1CCCCS1. The molecule has 2 heteroatoms. The monoisotopic (exact) mass is 266 g/mol. The molecular formula is C8H18SSn. The van der Waals surface area contributed by atoms with Gasteiger partial charge in [-0.15, -0.1) is 0 Å². The van der Waals surface area contributed by atoms with Crippen LogP contribution < -0.4 is 0 Å². The fourth-order valence-corrected chi connectivity index (χ4v) is 11.3. The molecule has 0 spiro atoms. The molecule has 1 rings (SSSR count). The summed E-state index contributed by atoms with van der Waals surface area (Å²) in [6, 6.07) is 0. The first-order valence-electron chi connectivity index (χ1n) is 4.22. The van der Waals surface area contributed by atoms with Gasteiger partial charge in [0.15, 0.2) is 0 Å². The molecular weight excluding hydrogens is 247 g/mol. The molecule has 0 aromatic rings. The second-order valence-electron chi connectivity index (χ2n) is 4.22. The number of hydrogen-bond acceptors (Lipinski definition) is 1. The van der Waals surface area contributed by atoms with Crippen LogP contribution in [0.1, 0.15) is 19.3 Å². The summed E-state index contributed by atoms with van der Waals surface area (Å²) in [7, 11) is 0. The molecule has 0 aromatic carbocycles. The Balaban J connectivity index is 2.39. The summed E-state index contributed by atoms with van der Waals surface area (Å²) in [4.78, 5) is 7.70. The van der Waals surface area contributed by atoms with Crippen LogP contribution in [0.3, 0.4) is 0 Å². The fraction of sp³-hybridized carbons (Fsp3) is 1.00. The Labute approximate surface area is 73.0 Å². The first-order chi connectivity index (χ1) is 4.61. The summed E-state index contributed by atoms with van der Waals surface area (Å²) in [5, 5.41) is 0. The molecule has 0 aromatic heterocycles. The van der Waals surface area contributed by atoms with Crippen LogP contribution in [-0.2, 0) is 0 Å². The molecule has 10 heavy (non-hydrogen) atoms. The van der Waals surface area contributed by atoms with Gasteiger partial charge in [-0.3, -0.25) is 0 Å². The minimum atomic E-state index is -1.47. The van der Waals surface area contributed by atoms with E-state index in [0.717, 1.165) is 3.27 Å². The zero-order chi connectivity index (χ0) is 7.61. The van der Waals surface area contributed by atoms with E-state index in [-0.39, 0.29) is 0 Å². The molecule has 0 amide bonds. The van der Waals surface area contributed by atoms with Gasteiger partial charge >= 0.3 is 73.2 Å². The minimum absolute atomic E-state index is 1.13. The molecule has 1 saturated heterocycles. The van der Waals surface area contributed by atoms with E-state index in [2.05, 4.69) is 26.6 Å². The van der Waals surface area contributed by atoms with E-state index in [4.69, 9.17) is 0 Å². The normalized spacial score (nSPS) is 28.5. The molecule has 0 aliphatic carbocycles. The third-order valence-corrected chi connectivity index (χ3v) is 15.8. The van der Waals surface area contributed by atoms with Crippen LogP contribution in [0.4, 0.5) is 0 Å². The van der Waals surface area contributed by atoms with Crippen LogP contribution in [-0.4, -0.2) is 27.4 Å². The average Bonchev–Trinajstić information content (AvgIpc) is 1.88. The standard InChI is InChI=1S/C5H9S.3CH3.Sn/c1-2-4-6-5-3-1;;;;/h4H,1-3,5H2;3*1H3;. The van der Waals surface area contributed by atoms with Gasteiger partial charge in [-0.1, -0.05) is 0 Å². The predicted octanol–water partition coefficient (Wildman–Crippen LogP) is 3.15. The summed E-state index contributed by atoms with van der Waals surface area (Å²) >= 11 is 0.791. The number of rotatable bonds is 1. The van der Waals surface area contributed by atoms with E-state index in [1.165, 1.54) is 25.0 Å². The molecule has 1 unspecified atom stereocenters. The van der Waals surface area contributed by atoms with Crippen molar-refractivity contribution in [3.63, 3.8) is 0 Å². The molecule has 0 bridgehead atoms. The third-order valence-electron chi connectivity index (χ3n) is 2.15. The molecule has 1 aliphatic rings. The van der Waals surface area contributed by atoms with E-state index in [1.54, 1.807) is 0 Å². The zero-order valence-corrected chi connectivity index (χ0v) is 11.0. The van der Waals surface area contributed by atoms with Crippen molar-refractivity contribution in [1.82, 2.24) is 0 Å². The van der Waals surface area contributed by atoms with Gasteiger partial charge < -0.3 is 0 Å². The Morgan fingerprint density at radius 3 is 2.20 bits per heavy atom. The molecule has 60 valence electrons. The Kier molecular flexibility index (Phi) is 3.42. The fourth-order valence-electron chi connectivity index (χ4n) is 1.42. The molecule has 1 aliphatic heterocycles. The van der Waals surface area contributed by atoms with Crippen LogP contribution in [0.5, 0.6) is 0 Å². The van der Waals surface area contributed by atoms with E-state index >= 15 is 0 Å². The van der Waals surface area contributed by atoms with Crippen LogP contribution in [0.25, 0.3) is 0 Å². The molecule has 0 nitrogen and oxygen atoms in total. The van der Waals surface area contributed by atoms with E-state index < -0.39 is 18.4 Å². The maximum absolute atomic E-state index is 2.57. The van der Waals surface area contributed by atoms with Crippen molar-refractivity contribution in [2.24, 2.45) is 0 Å². The van der Waals surface area contributed by atoms with Gasteiger partial charge in [0.25, 0.3) is 0 Å². The second-order valence-corrected chi connectivity index (χ2v) is 22.2. The van der Waals surface area contributed by atoms with E-state index in [0.29, 0.717) is 0 Å².